The van der Waals surface area contributed by atoms with Crippen molar-refractivity contribution in [1.29, 1.82) is 0 Å². The summed E-state index contributed by atoms with van der Waals surface area (Å²) in [5, 5.41) is 26.3. The van der Waals surface area contributed by atoms with E-state index < -0.39 is 42.3 Å². The Morgan fingerprint density at radius 3 is 1.70 bits per heavy atom. The second-order valence-electron chi connectivity index (χ2n) is 3.75. The van der Waals surface area contributed by atoms with Crippen LogP contribution in [0.5, 0.6) is 0 Å². The zero-order valence-electron chi connectivity index (χ0n) is 12.1. The average molecular weight is 470 g/mol. The van der Waals surface area contributed by atoms with Gasteiger partial charge in [0.15, 0.2) is 0 Å². The van der Waals surface area contributed by atoms with E-state index in [2.05, 4.69) is 4.74 Å². The van der Waals surface area contributed by atoms with Crippen LogP contribution in [0.25, 0.3) is 0 Å². The summed E-state index contributed by atoms with van der Waals surface area (Å²) in [6.07, 6.45) is 2.84. The molecule has 0 aromatic carbocycles. The number of rotatable bonds is 8. The van der Waals surface area contributed by atoms with E-state index >= 15 is 0 Å². The summed E-state index contributed by atoms with van der Waals surface area (Å²) in [5.74, 6) is -6.18. The summed E-state index contributed by atoms with van der Waals surface area (Å²) in [5.41, 5.74) is -2.64. The minimum atomic E-state index is -2.64. The van der Waals surface area contributed by atoms with Crippen molar-refractivity contribution in [2.45, 2.75) is 25.4 Å². The first kappa shape index (κ1) is 30.0. The van der Waals surface area contributed by atoms with Gasteiger partial charge in [-0.1, -0.05) is 18.2 Å². The van der Waals surface area contributed by atoms with Gasteiger partial charge in [-0.2, -0.15) is 0 Å². The fourth-order valence-corrected chi connectivity index (χ4v) is 1.29. The van der Waals surface area contributed by atoms with Crippen molar-refractivity contribution < 1.29 is 73.2 Å². The van der Waals surface area contributed by atoms with E-state index in [1.807, 2.05) is 0 Å². The zero-order chi connectivity index (χ0) is 15.8. The van der Waals surface area contributed by atoms with Crippen molar-refractivity contribution in [1.82, 2.24) is 0 Å². The minimum Gasteiger partial charge on any atom is -1.00 e. The molecule has 0 aromatic rings. The van der Waals surface area contributed by atoms with Crippen LogP contribution in [-0.2, 0) is 23.9 Å². The number of halogens is 2. The van der Waals surface area contributed by atoms with Crippen molar-refractivity contribution in [2.24, 2.45) is 0 Å². The van der Waals surface area contributed by atoms with Gasteiger partial charge in [0.1, 0.15) is 0 Å². The first-order chi connectivity index (χ1) is 9.23. The second-order valence-corrected chi connectivity index (χ2v) is 3.75. The number of aliphatic carboxylic acids is 3. The van der Waals surface area contributed by atoms with Crippen LogP contribution in [0.1, 0.15) is 19.8 Å². The number of carbonyl (C=O) groups is 4. The van der Waals surface area contributed by atoms with E-state index in [0.717, 1.165) is 6.08 Å². The summed E-state index contributed by atoms with van der Waals surface area (Å²) in [7, 11) is 0. The maximum atomic E-state index is 11.4. The van der Waals surface area contributed by atoms with Crippen molar-refractivity contribution in [3.8, 4) is 0 Å². The second kappa shape index (κ2) is 14.7. The Morgan fingerprint density at radius 2 is 1.39 bits per heavy atom. The van der Waals surface area contributed by atoms with Crippen LogP contribution in [0.4, 0.5) is 0 Å². The van der Waals surface area contributed by atoms with E-state index in [4.69, 9.17) is 15.3 Å². The van der Waals surface area contributed by atoms with Crippen LogP contribution < -0.4 is 34.0 Å². The summed E-state index contributed by atoms with van der Waals surface area (Å²) >= 11 is 0. The number of ether oxygens (including phenoxy) is 1. The van der Waals surface area contributed by atoms with E-state index in [0.29, 0.717) is 0 Å². The third-order valence-electron chi connectivity index (χ3n) is 2.10. The maximum Gasteiger partial charge on any atom is 2.00 e. The molecule has 0 saturated carbocycles. The molecule has 0 unspecified atom stereocenters. The number of esters is 1. The van der Waals surface area contributed by atoms with Crippen molar-refractivity contribution >= 4 is 46.9 Å². The van der Waals surface area contributed by atoms with E-state index in [-0.39, 0.29) is 57.0 Å². The van der Waals surface area contributed by atoms with E-state index in [9.17, 15) is 19.2 Å². The first-order valence-electron chi connectivity index (χ1n) is 5.43. The Bertz CT molecular complexity index is 460. The molecule has 126 valence electrons. The Labute approximate surface area is 169 Å². The molecule has 0 aromatic heterocycles. The fraction of sp³-hybridized carbons (Fsp3) is 0.333. The molecule has 23 heavy (non-hydrogen) atoms. The molecule has 0 atom stereocenters. The van der Waals surface area contributed by atoms with Gasteiger partial charge < -0.3 is 54.0 Å². The molecule has 0 bridgehead atoms. The zero-order valence-corrected chi connectivity index (χ0v) is 16.7. The number of allylic oxidation sites excluding steroid dienone is 3. The number of carbonyl (C=O) groups excluding carboxylic acids is 1. The van der Waals surface area contributed by atoms with Crippen LogP contribution in [0, 0.1) is 0 Å². The molecule has 0 amide bonds. The molecule has 0 heterocycles. The minimum absolute atomic E-state index is 0. The summed E-state index contributed by atoms with van der Waals surface area (Å²) in [6.45, 7) is 1.67. The van der Waals surface area contributed by atoms with Crippen LogP contribution in [0.3, 0.4) is 0 Å². The standard InChI is InChI=1S/C12H14O8.2BrH.Mg/c1-2-3-4-5-10(17)20-12(11(18)19,6-8(13)14)7-9(15)16;;;/h2-5H,6-7H2,1H3,(H,13,14)(H,15,16)(H,18,19);2*1H;/q;;;+2/p-2. The molecular formula is C12H14Br2MgO8. The van der Waals surface area contributed by atoms with Gasteiger partial charge in [0.25, 0.3) is 0 Å². The Morgan fingerprint density at radius 1 is 0.957 bits per heavy atom. The summed E-state index contributed by atoms with van der Waals surface area (Å²) < 4.78 is 4.55. The van der Waals surface area contributed by atoms with Gasteiger partial charge in [0.05, 0.1) is 12.8 Å². The predicted molar refractivity (Wildman–Crippen MR) is 70.7 cm³/mol. The van der Waals surface area contributed by atoms with Crippen molar-refractivity contribution in [3.63, 3.8) is 0 Å². The Kier molecular flexibility index (Phi) is 19.1. The maximum absolute atomic E-state index is 11.4. The topological polar surface area (TPSA) is 138 Å². The molecule has 8 nitrogen and oxygen atoms in total. The fourth-order valence-electron chi connectivity index (χ4n) is 1.29. The molecule has 0 aliphatic heterocycles. The number of hydrogen-bond donors (Lipinski definition) is 3. The monoisotopic (exact) mass is 468 g/mol. The first-order valence-corrected chi connectivity index (χ1v) is 5.43. The van der Waals surface area contributed by atoms with Crippen molar-refractivity contribution in [3.05, 3.63) is 24.3 Å². The molecule has 0 aliphatic rings. The smallest absolute Gasteiger partial charge is 1.00 e. The normalized spacial score (nSPS) is 10.1. The van der Waals surface area contributed by atoms with Gasteiger partial charge in [0.2, 0.25) is 5.60 Å². The SMILES string of the molecule is CC=CC=CC(=O)OC(CC(=O)O)(CC(=O)O)C(=O)O.[Br-].[Br-].[Mg+2]. The average Bonchev–Trinajstić information content (AvgIpc) is 2.26. The molecule has 0 radical (unpaired) electrons. The van der Waals surface area contributed by atoms with Crippen LogP contribution in [-0.4, -0.2) is 67.9 Å². The third-order valence-corrected chi connectivity index (χ3v) is 2.10. The predicted octanol–water partition coefficient (Wildman–Crippen LogP) is -5.94. The van der Waals surface area contributed by atoms with E-state index in [1.54, 1.807) is 13.0 Å². The molecule has 0 spiro atoms. The number of carboxylic acid groups (broad SMARTS) is 3. The van der Waals surface area contributed by atoms with Crippen molar-refractivity contribution in [2.75, 3.05) is 0 Å². The van der Waals surface area contributed by atoms with Gasteiger partial charge >= 0.3 is 46.9 Å². The van der Waals surface area contributed by atoms with Gasteiger partial charge in [0, 0.05) is 6.08 Å². The molecule has 0 fully saturated rings. The molecule has 0 rings (SSSR count). The summed E-state index contributed by atoms with van der Waals surface area (Å²) in [4.78, 5) is 43.9. The van der Waals surface area contributed by atoms with Crippen LogP contribution >= 0.6 is 0 Å². The van der Waals surface area contributed by atoms with Crippen LogP contribution in [0.15, 0.2) is 24.3 Å². The molecule has 3 N–H and O–H groups in total. The Hall–Kier alpha value is -0.914. The number of carboxylic acids is 3. The van der Waals surface area contributed by atoms with Gasteiger partial charge in [-0.25, -0.2) is 9.59 Å². The number of hydrogen-bond acceptors (Lipinski definition) is 5. The van der Waals surface area contributed by atoms with Crippen LogP contribution in [0.2, 0.25) is 0 Å². The molecule has 11 heteroatoms. The largest absolute Gasteiger partial charge is 2.00 e. The van der Waals surface area contributed by atoms with Gasteiger partial charge in [-0.05, 0) is 6.92 Å². The van der Waals surface area contributed by atoms with Gasteiger partial charge in [-0.3, -0.25) is 9.59 Å². The summed E-state index contributed by atoms with van der Waals surface area (Å²) in [6, 6.07) is 0. The molecule has 0 aliphatic carbocycles. The van der Waals surface area contributed by atoms with E-state index in [1.165, 1.54) is 12.2 Å². The van der Waals surface area contributed by atoms with Gasteiger partial charge in [-0.15, -0.1) is 0 Å². The quantitative estimate of drug-likeness (QED) is 0.138. The molecular weight excluding hydrogens is 456 g/mol. The molecule has 0 saturated heterocycles. The Balaban J connectivity index is -0.000000602. The third kappa shape index (κ3) is 12.2.